The lowest BCUT2D eigenvalue weighted by molar-refractivity contribution is -0.137. The number of hydrogen-bond acceptors (Lipinski definition) is 4. The first kappa shape index (κ1) is 13.8. The molecule has 0 bridgehead atoms. The fourth-order valence-corrected chi connectivity index (χ4v) is 1.36. The summed E-state index contributed by atoms with van der Waals surface area (Å²) < 4.78 is 37.0. The van der Waals surface area contributed by atoms with E-state index in [0.717, 1.165) is 12.1 Å². The van der Waals surface area contributed by atoms with Gasteiger partial charge in [-0.2, -0.15) is 13.2 Å². The number of nitrogens with one attached hydrogen (secondary N) is 1. The number of amides is 1. The summed E-state index contributed by atoms with van der Waals surface area (Å²) in [6, 6.07) is 4.79. The highest BCUT2D eigenvalue weighted by molar-refractivity contribution is 6.02. The summed E-state index contributed by atoms with van der Waals surface area (Å²) >= 11 is 0. The van der Waals surface area contributed by atoms with Gasteiger partial charge in [0, 0.05) is 6.20 Å². The molecule has 1 amide bonds. The van der Waals surface area contributed by atoms with E-state index in [-0.39, 0.29) is 11.5 Å². The fourth-order valence-electron chi connectivity index (χ4n) is 1.36. The van der Waals surface area contributed by atoms with Gasteiger partial charge in [0.2, 0.25) is 0 Å². The van der Waals surface area contributed by atoms with Crippen molar-refractivity contribution in [2.45, 2.75) is 6.18 Å². The van der Waals surface area contributed by atoms with E-state index >= 15 is 0 Å². The third-order valence-electron chi connectivity index (χ3n) is 2.35. The molecule has 0 fully saturated rings. The SMILES string of the molecule is Nc1ccc(NC(=O)c2ccc(C(F)(F)F)cn2)nc1. The minimum absolute atomic E-state index is 0.142. The van der Waals surface area contributed by atoms with Crippen LogP contribution in [0.3, 0.4) is 0 Å². The molecule has 20 heavy (non-hydrogen) atoms. The number of nitrogens with two attached hydrogens (primary N) is 1. The van der Waals surface area contributed by atoms with Gasteiger partial charge in [0.05, 0.1) is 17.4 Å². The van der Waals surface area contributed by atoms with E-state index < -0.39 is 17.6 Å². The van der Waals surface area contributed by atoms with Crippen molar-refractivity contribution in [1.82, 2.24) is 9.97 Å². The van der Waals surface area contributed by atoms with E-state index in [0.29, 0.717) is 11.9 Å². The molecule has 2 aromatic rings. The van der Waals surface area contributed by atoms with Gasteiger partial charge in [-0.1, -0.05) is 0 Å². The number of alkyl halides is 3. The molecule has 2 aromatic heterocycles. The number of anilines is 2. The topological polar surface area (TPSA) is 80.9 Å². The van der Waals surface area contributed by atoms with Crippen LogP contribution in [0.25, 0.3) is 0 Å². The third kappa shape index (κ3) is 3.22. The molecule has 0 aromatic carbocycles. The summed E-state index contributed by atoms with van der Waals surface area (Å²) in [6.45, 7) is 0. The van der Waals surface area contributed by atoms with E-state index in [2.05, 4.69) is 15.3 Å². The second-order valence-electron chi connectivity index (χ2n) is 3.86. The lowest BCUT2D eigenvalue weighted by Crippen LogP contribution is -2.15. The Morgan fingerprint density at radius 2 is 1.85 bits per heavy atom. The average molecular weight is 282 g/mol. The molecule has 0 saturated heterocycles. The van der Waals surface area contributed by atoms with Crippen molar-refractivity contribution in [3.05, 3.63) is 47.9 Å². The highest BCUT2D eigenvalue weighted by atomic mass is 19.4. The van der Waals surface area contributed by atoms with Gasteiger partial charge in [-0.3, -0.25) is 9.78 Å². The number of halogens is 3. The highest BCUT2D eigenvalue weighted by Gasteiger charge is 2.30. The normalized spacial score (nSPS) is 11.2. The first-order chi connectivity index (χ1) is 9.36. The van der Waals surface area contributed by atoms with Gasteiger partial charge in [-0.25, -0.2) is 4.98 Å². The van der Waals surface area contributed by atoms with Crippen LogP contribution >= 0.6 is 0 Å². The maximum Gasteiger partial charge on any atom is 0.417 e. The van der Waals surface area contributed by atoms with E-state index in [4.69, 9.17) is 5.73 Å². The molecule has 3 N–H and O–H groups in total. The van der Waals surface area contributed by atoms with Crippen molar-refractivity contribution >= 4 is 17.4 Å². The van der Waals surface area contributed by atoms with Gasteiger partial charge in [0.15, 0.2) is 0 Å². The first-order valence-corrected chi connectivity index (χ1v) is 5.42. The number of aromatic nitrogens is 2. The Morgan fingerprint density at radius 3 is 2.35 bits per heavy atom. The van der Waals surface area contributed by atoms with Crippen LogP contribution in [0.5, 0.6) is 0 Å². The molecule has 5 nitrogen and oxygen atoms in total. The average Bonchev–Trinajstić information content (AvgIpc) is 2.40. The van der Waals surface area contributed by atoms with Crippen LogP contribution in [0.15, 0.2) is 36.7 Å². The first-order valence-electron chi connectivity index (χ1n) is 5.42. The Balaban J connectivity index is 2.11. The van der Waals surface area contributed by atoms with Crippen LogP contribution in [0.1, 0.15) is 16.1 Å². The second kappa shape index (κ2) is 5.16. The van der Waals surface area contributed by atoms with Crippen molar-refractivity contribution in [2.24, 2.45) is 0 Å². The van der Waals surface area contributed by atoms with Gasteiger partial charge >= 0.3 is 6.18 Å². The lowest BCUT2D eigenvalue weighted by Gasteiger charge is -2.07. The molecule has 0 atom stereocenters. The number of nitrogen functional groups attached to an aromatic ring is 1. The van der Waals surface area contributed by atoms with Crippen molar-refractivity contribution in [2.75, 3.05) is 11.1 Å². The Hall–Kier alpha value is -2.64. The lowest BCUT2D eigenvalue weighted by atomic mass is 10.2. The minimum Gasteiger partial charge on any atom is -0.397 e. The molecular formula is C12H9F3N4O. The Morgan fingerprint density at radius 1 is 1.10 bits per heavy atom. The zero-order valence-electron chi connectivity index (χ0n) is 9.98. The Kier molecular flexibility index (Phi) is 3.55. The van der Waals surface area contributed by atoms with Gasteiger partial charge in [-0.05, 0) is 24.3 Å². The molecule has 0 saturated carbocycles. The zero-order valence-corrected chi connectivity index (χ0v) is 9.98. The van der Waals surface area contributed by atoms with Crippen LogP contribution in [0, 0.1) is 0 Å². The molecule has 0 aliphatic heterocycles. The number of rotatable bonds is 2. The molecule has 0 unspecified atom stereocenters. The van der Waals surface area contributed by atoms with Crippen LogP contribution in [-0.4, -0.2) is 15.9 Å². The molecule has 0 spiro atoms. The summed E-state index contributed by atoms with van der Waals surface area (Å²) in [7, 11) is 0. The maximum absolute atomic E-state index is 12.3. The number of pyridine rings is 2. The maximum atomic E-state index is 12.3. The summed E-state index contributed by atoms with van der Waals surface area (Å²) in [6.07, 6.45) is -2.54. The molecule has 104 valence electrons. The monoisotopic (exact) mass is 282 g/mol. The van der Waals surface area contributed by atoms with Gasteiger partial charge in [0.1, 0.15) is 11.5 Å². The number of hydrogen-bond donors (Lipinski definition) is 2. The molecule has 0 aliphatic rings. The van der Waals surface area contributed by atoms with Crippen molar-refractivity contribution in [1.29, 1.82) is 0 Å². The fraction of sp³-hybridized carbons (Fsp3) is 0.0833. The van der Waals surface area contributed by atoms with Crippen molar-refractivity contribution in [3.63, 3.8) is 0 Å². The molecule has 2 rings (SSSR count). The summed E-state index contributed by atoms with van der Waals surface area (Å²) in [5.74, 6) is -0.429. The summed E-state index contributed by atoms with van der Waals surface area (Å²) in [4.78, 5) is 19.0. The van der Waals surface area contributed by atoms with Crippen LogP contribution in [0.4, 0.5) is 24.7 Å². The predicted molar refractivity (Wildman–Crippen MR) is 65.8 cm³/mol. The van der Waals surface area contributed by atoms with Crippen LogP contribution in [-0.2, 0) is 6.18 Å². The Bertz CT molecular complexity index is 608. The molecular weight excluding hydrogens is 273 g/mol. The largest absolute Gasteiger partial charge is 0.417 e. The van der Waals surface area contributed by atoms with Crippen LogP contribution < -0.4 is 11.1 Å². The minimum atomic E-state index is -4.49. The van der Waals surface area contributed by atoms with Gasteiger partial charge in [-0.15, -0.1) is 0 Å². The van der Waals surface area contributed by atoms with Gasteiger partial charge < -0.3 is 11.1 Å². The molecule has 2 heterocycles. The number of nitrogens with zero attached hydrogens (tertiary/aromatic N) is 2. The Labute approximate surface area is 111 Å². The molecule has 8 heteroatoms. The summed E-state index contributed by atoms with van der Waals surface area (Å²) in [5, 5.41) is 2.39. The van der Waals surface area contributed by atoms with Crippen molar-refractivity contribution in [3.8, 4) is 0 Å². The van der Waals surface area contributed by atoms with Crippen molar-refractivity contribution < 1.29 is 18.0 Å². The molecule has 0 aliphatic carbocycles. The van der Waals surface area contributed by atoms with E-state index in [1.807, 2.05) is 0 Å². The standard InChI is InChI=1S/C12H9F3N4O/c13-12(14,15)7-1-3-9(17-5-7)11(20)19-10-4-2-8(16)6-18-10/h1-6H,16H2,(H,18,19,20). The second-order valence-corrected chi connectivity index (χ2v) is 3.86. The highest BCUT2D eigenvalue weighted by Crippen LogP contribution is 2.28. The van der Waals surface area contributed by atoms with Gasteiger partial charge in [0.25, 0.3) is 5.91 Å². The van der Waals surface area contributed by atoms with Crippen LogP contribution in [0.2, 0.25) is 0 Å². The van der Waals surface area contributed by atoms with E-state index in [1.165, 1.54) is 18.3 Å². The smallest absolute Gasteiger partial charge is 0.397 e. The van der Waals surface area contributed by atoms with E-state index in [9.17, 15) is 18.0 Å². The number of carbonyl (C=O) groups is 1. The quantitative estimate of drug-likeness (QED) is 0.885. The number of carbonyl (C=O) groups excluding carboxylic acids is 1. The third-order valence-corrected chi connectivity index (χ3v) is 2.35. The summed E-state index contributed by atoms with van der Waals surface area (Å²) in [5.41, 5.74) is 4.80. The zero-order chi connectivity index (χ0) is 14.8. The predicted octanol–water partition coefficient (Wildman–Crippen LogP) is 2.33. The molecule has 0 radical (unpaired) electrons. The van der Waals surface area contributed by atoms with E-state index in [1.54, 1.807) is 0 Å².